The summed E-state index contributed by atoms with van der Waals surface area (Å²) in [7, 11) is 1.97. The zero-order chi connectivity index (χ0) is 13.3. The molecule has 0 radical (unpaired) electrons. The summed E-state index contributed by atoms with van der Waals surface area (Å²) in [5.41, 5.74) is 2.80. The lowest BCUT2D eigenvalue weighted by Gasteiger charge is -2.12. The number of benzene rings is 1. The van der Waals surface area contributed by atoms with E-state index < -0.39 is 0 Å². The lowest BCUT2D eigenvalue weighted by atomic mass is 10.1. The number of fused-ring (bicyclic) bond motifs is 1. The number of carbonyl (C=O) groups excluding carboxylic acids is 1. The van der Waals surface area contributed by atoms with Crippen LogP contribution in [0, 0.1) is 6.92 Å². The Kier molecular flexibility index (Phi) is 3.41. The number of aromatic nitrogens is 1. The highest BCUT2D eigenvalue weighted by Gasteiger charge is 2.12. The number of aryl methyl sites for hydroxylation is 1. The average molecular weight is 245 g/mol. The van der Waals surface area contributed by atoms with Crippen LogP contribution in [0.4, 0.5) is 0 Å². The molecule has 0 N–H and O–H groups in total. The molecule has 1 aromatic carbocycles. The highest BCUT2D eigenvalue weighted by molar-refractivity contribution is 5.99. The van der Waals surface area contributed by atoms with Crippen LogP contribution in [0.25, 0.3) is 10.9 Å². The van der Waals surface area contributed by atoms with E-state index in [-0.39, 0.29) is 6.10 Å². The number of rotatable bonds is 4. The van der Waals surface area contributed by atoms with Gasteiger partial charge >= 0.3 is 0 Å². The molecule has 0 fully saturated rings. The average Bonchev–Trinajstić information content (AvgIpc) is 2.61. The number of carbonyl (C=O) groups is 1. The highest BCUT2D eigenvalue weighted by Crippen LogP contribution is 2.28. The van der Waals surface area contributed by atoms with Crippen LogP contribution < -0.4 is 4.74 Å². The minimum Gasteiger partial charge on any atom is -0.491 e. The monoisotopic (exact) mass is 245 g/mol. The van der Waals surface area contributed by atoms with Gasteiger partial charge in [0.25, 0.3) is 0 Å². The molecule has 1 unspecified atom stereocenters. The fourth-order valence-corrected chi connectivity index (χ4v) is 2.12. The van der Waals surface area contributed by atoms with Gasteiger partial charge in [0.05, 0.1) is 6.10 Å². The fourth-order valence-electron chi connectivity index (χ4n) is 2.12. The Labute approximate surface area is 107 Å². The van der Waals surface area contributed by atoms with Crippen LogP contribution in [0.3, 0.4) is 0 Å². The van der Waals surface area contributed by atoms with E-state index in [4.69, 9.17) is 4.74 Å². The van der Waals surface area contributed by atoms with Crippen molar-refractivity contribution >= 4 is 17.2 Å². The summed E-state index contributed by atoms with van der Waals surface area (Å²) in [5.74, 6) is 0.825. The molecule has 3 nitrogen and oxygen atoms in total. The van der Waals surface area contributed by atoms with E-state index in [1.54, 1.807) is 0 Å². The summed E-state index contributed by atoms with van der Waals surface area (Å²) < 4.78 is 7.83. The van der Waals surface area contributed by atoms with Crippen LogP contribution >= 0.6 is 0 Å². The van der Waals surface area contributed by atoms with E-state index in [0.717, 1.165) is 40.6 Å². The van der Waals surface area contributed by atoms with Gasteiger partial charge in [-0.05, 0) is 38.5 Å². The minimum atomic E-state index is 0.187. The second-order valence-corrected chi connectivity index (χ2v) is 4.69. The second kappa shape index (κ2) is 4.84. The first-order valence-corrected chi connectivity index (χ1v) is 6.29. The molecule has 0 bridgehead atoms. The molecular formula is C15H19NO2. The number of aldehydes is 1. The third-order valence-electron chi connectivity index (χ3n) is 3.54. The summed E-state index contributed by atoms with van der Waals surface area (Å²) >= 11 is 0. The third-order valence-corrected chi connectivity index (χ3v) is 3.54. The Morgan fingerprint density at radius 1 is 1.44 bits per heavy atom. The van der Waals surface area contributed by atoms with Gasteiger partial charge in [-0.1, -0.05) is 6.92 Å². The molecule has 1 atom stereocenters. The van der Waals surface area contributed by atoms with Crippen molar-refractivity contribution in [2.75, 3.05) is 0 Å². The molecule has 0 saturated carbocycles. The Bertz CT molecular complexity index is 584. The largest absolute Gasteiger partial charge is 0.491 e. The molecule has 0 saturated heterocycles. The van der Waals surface area contributed by atoms with Gasteiger partial charge in [-0.3, -0.25) is 4.79 Å². The summed E-state index contributed by atoms with van der Waals surface area (Å²) in [6.45, 7) is 6.09. The minimum absolute atomic E-state index is 0.187. The lowest BCUT2D eigenvalue weighted by Crippen LogP contribution is -2.09. The molecule has 1 heterocycles. The molecule has 0 spiro atoms. The molecule has 0 amide bonds. The molecule has 96 valence electrons. The normalized spacial score (nSPS) is 12.7. The van der Waals surface area contributed by atoms with Crippen molar-refractivity contribution in [2.24, 2.45) is 7.05 Å². The van der Waals surface area contributed by atoms with Crippen molar-refractivity contribution in [2.45, 2.75) is 33.3 Å². The van der Waals surface area contributed by atoms with Crippen LogP contribution in [0.15, 0.2) is 18.2 Å². The van der Waals surface area contributed by atoms with Crippen molar-refractivity contribution in [3.8, 4) is 5.75 Å². The van der Waals surface area contributed by atoms with Gasteiger partial charge in [-0.25, -0.2) is 0 Å². The topological polar surface area (TPSA) is 31.2 Å². The zero-order valence-electron chi connectivity index (χ0n) is 11.4. The quantitative estimate of drug-likeness (QED) is 0.772. The summed E-state index contributed by atoms with van der Waals surface area (Å²) in [4.78, 5) is 11.2. The van der Waals surface area contributed by atoms with Crippen molar-refractivity contribution in [3.63, 3.8) is 0 Å². The van der Waals surface area contributed by atoms with Crippen LogP contribution in [0.2, 0.25) is 0 Å². The summed E-state index contributed by atoms with van der Waals surface area (Å²) in [5, 5.41) is 0.964. The van der Waals surface area contributed by atoms with E-state index in [1.165, 1.54) is 0 Å². The van der Waals surface area contributed by atoms with Gasteiger partial charge in [-0.15, -0.1) is 0 Å². The van der Waals surface area contributed by atoms with E-state index in [0.29, 0.717) is 0 Å². The fraction of sp³-hybridized carbons (Fsp3) is 0.400. The molecule has 1 aromatic heterocycles. The van der Waals surface area contributed by atoms with Crippen LogP contribution in [0.1, 0.15) is 36.3 Å². The first-order chi connectivity index (χ1) is 8.58. The third kappa shape index (κ3) is 2.01. The zero-order valence-corrected chi connectivity index (χ0v) is 11.4. The maximum Gasteiger partial charge on any atom is 0.152 e. The van der Waals surface area contributed by atoms with Crippen molar-refractivity contribution < 1.29 is 9.53 Å². The second-order valence-electron chi connectivity index (χ2n) is 4.69. The van der Waals surface area contributed by atoms with E-state index in [2.05, 4.69) is 6.92 Å². The molecule has 2 rings (SSSR count). The van der Waals surface area contributed by atoms with Crippen molar-refractivity contribution in [3.05, 3.63) is 29.5 Å². The van der Waals surface area contributed by atoms with Gasteiger partial charge in [0.2, 0.25) is 0 Å². The number of nitrogens with zero attached hydrogens (tertiary/aromatic N) is 1. The van der Waals surface area contributed by atoms with Gasteiger partial charge in [0.15, 0.2) is 6.29 Å². The van der Waals surface area contributed by atoms with Gasteiger partial charge in [-0.2, -0.15) is 0 Å². The van der Waals surface area contributed by atoms with E-state index in [1.807, 2.05) is 43.7 Å². The number of hydrogen-bond donors (Lipinski definition) is 0. The van der Waals surface area contributed by atoms with Crippen LogP contribution in [-0.2, 0) is 7.05 Å². The number of ether oxygens (including phenoxy) is 1. The molecular weight excluding hydrogens is 226 g/mol. The van der Waals surface area contributed by atoms with Gasteiger partial charge < -0.3 is 9.30 Å². The molecule has 0 aliphatic carbocycles. The molecule has 18 heavy (non-hydrogen) atoms. The maximum atomic E-state index is 11.2. The predicted octanol–water partition coefficient (Wildman–Crippen LogP) is 3.48. The number of hydrogen-bond acceptors (Lipinski definition) is 2. The molecule has 0 aliphatic rings. The smallest absolute Gasteiger partial charge is 0.152 e. The Hall–Kier alpha value is -1.77. The summed E-state index contributed by atoms with van der Waals surface area (Å²) in [6.07, 6.45) is 2.07. The van der Waals surface area contributed by atoms with E-state index in [9.17, 15) is 4.79 Å². The molecule has 2 aromatic rings. The van der Waals surface area contributed by atoms with Gasteiger partial charge in [0.1, 0.15) is 5.75 Å². The van der Waals surface area contributed by atoms with Crippen molar-refractivity contribution in [1.29, 1.82) is 0 Å². The maximum absolute atomic E-state index is 11.2. The first kappa shape index (κ1) is 12.7. The molecule has 0 aliphatic heterocycles. The van der Waals surface area contributed by atoms with Crippen LogP contribution in [0.5, 0.6) is 5.75 Å². The van der Waals surface area contributed by atoms with E-state index >= 15 is 0 Å². The lowest BCUT2D eigenvalue weighted by molar-refractivity contribution is 0.112. The Morgan fingerprint density at radius 3 is 2.78 bits per heavy atom. The first-order valence-electron chi connectivity index (χ1n) is 6.29. The summed E-state index contributed by atoms with van der Waals surface area (Å²) in [6, 6.07) is 5.92. The highest BCUT2D eigenvalue weighted by atomic mass is 16.5. The SMILES string of the molecule is CCC(C)Oc1ccc2c(c1)c(C=O)c(C)n2C. The van der Waals surface area contributed by atoms with Crippen molar-refractivity contribution in [1.82, 2.24) is 4.57 Å². The Balaban J connectivity index is 2.53. The molecule has 3 heteroatoms. The van der Waals surface area contributed by atoms with Crippen LogP contribution in [-0.4, -0.2) is 17.0 Å². The predicted molar refractivity (Wildman–Crippen MR) is 73.4 cm³/mol. The Morgan fingerprint density at radius 2 is 2.17 bits per heavy atom. The van der Waals surface area contributed by atoms with Gasteiger partial charge in [0, 0.05) is 29.2 Å². The standard InChI is InChI=1S/C15H19NO2/c1-5-10(2)18-12-6-7-15-13(8-12)14(9-17)11(3)16(15)4/h6-10H,5H2,1-4H3.